The number of rotatable bonds is 8. The predicted octanol–water partition coefficient (Wildman–Crippen LogP) is 6.07. The molecular formula is C24H35N5O4S3. The molecule has 3 N–H and O–H groups in total. The molecule has 12 heteroatoms. The maximum atomic E-state index is 12.7. The Balaban J connectivity index is 0.000000694. The summed E-state index contributed by atoms with van der Waals surface area (Å²) in [5, 5.41) is 18.3. The largest absolute Gasteiger partial charge is 0.504 e. The van der Waals surface area contributed by atoms with Crippen LogP contribution in [0.4, 0.5) is 17.3 Å². The van der Waals surface area contributed by atoms with Gasteiger partial charge in [0.25, 0.3) is 10.0 Å². The van der Waals surface area contributed by atoms with E-state index in [1.54, 1.807) is 11.6 Å². The normalized spacial score (nSPS) is 13.7. The highest BCUT2D eigenvalue weighted by Gasteiger charge is 2.32. The summed E-state index contributed by atoms with van der Waals surface area (Å²) >= 11 is 2.00. The Bertz CT molecular complexity index is 1200. The van der Waals surface area contributed by atoms with Crippen molar-refractivity contribution < 1.29 is 17.9 Å². The van der Waals surface area contributed by atoms with Gasteiger partial charge in [-0.25, -0.2) is 8.42 Å². The number of nitrogens with zero attached hydrogens (tertiary/aromatic N) is 3. The summed E-state index contributed by atoms with van der Waals surface area (Å²) in [6, 6.07) is 1.99. The highest BCUT2D eigenvalue weighted by Crippen LogP contribution is 2.41. The average molecular weight is 554 g/mol. The van der Waals surface area contributed by atoms with Gasteiger partial charge in [-0.2, -0.15) is 13.1 Å². The van der Waals surface area contributed by atoms with Crippen LogP contribution < -0.4 is 10.6 Å². The van der Waals surface area contributed by atoms with Crippen molar-refractivity contribution in [2.24, 2.45) is 5.92 Å². The number of aromatic hydroxyl groups is 1. The first-order chi connectivity index (χ1) is 17.1. The lowest BCUT2D eigenvalue weighted by Gasteiger charge is -2.14. The zero-order valence-corrected chi connectivity index (χ0v) is 23.8. The van der Waals surface area contributed by atoms with E-state index < -0.39 is 10.0 Å². The van der Waals surface area contributed by atoms with Crippen LogP contribution in [0, 0.1) is 18.8 Å². The summed E-state index contributed by atoms with van der Waals surface area (Å²) in [6.07, 6.45) is 11.4. The van der Waals surface area contributed by atoms with Crippen molar-refractivity contribution in [3.05, 3.63) is 29.0 Å². The summed E-state index contributed by atoms with van der Waals surface area (Å²) in [6.45, 7) is 12.1. The van der Waals surface area contributed by atoms with Crippen LogP contribution in [0.25, 0.3) is 0 Å². The highest BCUT2D eigenvalue weighted by molar-refractivity contribution is 7.91. The zero-order valence-electron chi connectivity index (χ0n) is 21.3. The molecule has 1 fully saturated rings. The van der Waals surface area contributed by atoms with Crippen LogP contribution in [0.5, 0.6) is 5.75 Å². The molecular weight excluding hydrogens is 518 g/mol. The number of terminal acetylenes is 1. The smallest absolute Gasteiger partial charge is 0.256 e. The van der Waals surface area contributed by atoms with E-state index in [0.717, 1.165) is 53.1 Å². The van der Waals surface area contributed by atoms with E-state index in [-0.39, 0.29) is 15.6 Å². The zero-order chi connectivity index (χ0) is 26.9. The number of hydrogen-bond acceptors (Lipinski definition) is 10. The molecule has 0 spiro atoms. The average Bonchev–Trinajstić information content (AvgIpc) is 3.62. The van der Waals surface area contributed by atoms with Crippen molar-refractivity contribution in [1.29, 1.82) is 0 Å². The summed E-state index contributed by atoms with van der Waals surface area (Å²) in [7, 11) is -3.69. The summed E-state index contributed by atoms with van der Waals surface area (Å²) in [5.41, 5.74) is 1.41. The quantitative estimate of drug-likeness (QED) is 0.287. The van der Waals surface area contributed by atoms with E-state index in [0.29, 0.717) is 37.2 Å². The van der Waals surface area contributed by atoms with Gasteiger partial charge in [-0.05, 0) is 36.3 Å². The minimum Gasteiger partial charge on any atom is -0.504 e. The minimum atomic E-state index is -3.69. The van der Waals surface area contributed by atoms with Gasteiger partial charge in [0, 0.05) is 18.5 Å². The van der Waals surface area contributed by atoms with Crippen molar-refractivity contribution in [3.63, 3.8) is 0 Å². The molecule has 0 atom stereocenters. The molecule has 0 aromatic carbocycles. The van der Waals surface area contributed by atoms with Gasteiger partial charge in [0.2, 0.25) is 0 Å². The minimum absolute atomic E-state index is 0.0543. The van der Waals surface area contributed by atoms with Crippen LogP contribution in [-0.2, 0) is 16.6 Å². The first-order valence-corrected chi connectivity index (χ1v) is 14.7. The number of thiophene rings is 1. The van der Waals surface area contributed by atoms with E-state index in [1.807, 2.05) is 6.07 Å². The molecule has 1 saturated heterocycles. The Morgan fingerprint density at radius 1 is 1.14 bits per heavy atom. The van der Waals surface area contributed by atoms with E-state index in [1.165, 1.54) is 4.31 Å². The molecule has 0 unspecified atom stereocenters. The molecule has 4 rings (SSSR count). The first-order valence-electron chi connectivity index (χ1n) is 11.6. The van der Waals surface area contributed by atoms with Crippen molar-refractivity contribution in [3.8, 4) is 18.6 Å². The van der Waals surface area contributed by atoms with Gasteiger partial charge < -0.3 is 20.2 Å². The third-order valence-electron chi connectivity index (χ3n) is 4.88. The molecule has 9 nitrogen and oxygen atoms in total. The van der Waals surface area contributed by atoms with Gasteiger partial charge in [-0.1, -0.05) is 34.6 Å². The second-order valence-electron chi connectivity index (χ2n) is 9.07. The molecule has 198 valence electrons. The molecule has 1 aliphatic rings. The SMILES string of the molecule is C#C.CC(C)C.CC(C)c1coc(CNc2nsnc2Nc2csc(S(=O)(=O)N3CCCC3)c2O)c1. The van der Waals surface area contributed by atoms with Crippen molar-refractivity contribution in [2.45, 2.75) is 64.1 Å². The van der Waals surface area contributed by atoms with Gasteiger partial charge in [0.05, 0.1) is 30.2 Å². The maximum Gasteiger partial charge on any atom is 0.256 e. The van der Waals surface area contributed by atoms with Crippen LogP contribution in [0.3, 0.4) is 0 Å². The topological polar surface area (TPSA) is 121 Å². The molecule has 0 bridgehead atoms. The molecule has 0 radical (unpaired) electrons. The van der Waals surface area contributed by atoms with Gasteiger partial charge in [0.15, 0.2) is 21.6 Å². The Kier molecular flexibility index (Phi) is 11.2. The van der Waals surface area contributed by atoms with E-state index in [9.17, 15) is 13.5 Å². The molecule has 1 aliphatic heterocycles. The second kappa shape index (κ2) is 13.6. The number of hydrogen-bond donors (Lipinski definition) is 3. The molecule has 4 heterocycles. The summed E-state index contributed by atoms with van der Waals surface area (Å²) < 4.78 is 40.8. The number of sulfonamides is 1. The number of aromatic nitrogens is 2. The van der Waals surface area contributed by atoms with E-state index in [2.05, 4.69) is 66.8 Å². The van der Waals surface area contributed by atoms with E-state index >= 15 is 0 Å². The third-order valence-corrected chi connectivity index (χ3v) is 8.80. The molecule has 36 heavy (non-hydrogen) atoms. The van der Waals surface area contributed by atoms with Crippen LogP contribution in [0.2, 0.25) is 0 Å². The fourth-order valence-corrected chi connectivity index (χ4v) is 6.51. The Morgan fingerprint density at radius 3 is 2.33 bits per heavy atom. The van der Waals surface area contributed by atoms with Crippen LogP contribution >= 0.6 is 23.1 Å². The molecule has 0 saturated carbocycles. The molecule has 0 amide bonds. The standard InChI is InChI=1S/C18H23N5O4S3.C4H10.C2H2/c1-11(2)12-7-13(27-9-12)8-19-16-17(22-29-21-16)20-14-10-28-18(15(14)24)30(25,26)23-5-3-4-6-23;1-4(2)3;1-2/h7,9-11,24H,3-6,8H2,1-2H3,(H,19,21)(H,20,22);4H,1-3H3;1-2H. The van der Waals surface area contributed by atoms with Crippen LogP contribution in [0.15, 0.2) is 26.3 Å². The number of anilines is 3. The summed E-state index contributed by atoms with van der Waals surface area (Å²) in [4.78, 5) is 0. The Hall–Kier alpha value is -2.59. The first kappa shape index (κ1) is 29.6. The fraction of sp³-hybridized carbons (Fsp3) is 0.500. The second-order valence-corrected chi connectivity index (χ2v) is 12.6. The molecule has 0 aliphatic carbocycles. The molecule has 3 aromatic rings. The van der Waals surface area contributed by atoms with Crippen molar-refractivity contribution >= 4 is 50.4 Å². The van der Waals surface area contributed by atoms with Crippen molar-refractivity contribution in [2.75, 3.05) is 23.7 Å². The maximum absolute atomic E-state index is 12.7. The van der Waals surface area contributed by atoms with Gasteiger partial charge in [-0.3, -0.25) is 0 Å². The predicted molar refractivity (Wildman–Crippen MR) is 148 cm³/mol. The lowest BCUT2D eigenvalue weighted by atomic mass is 10.1. The van der Waals surface area contributed by atoms with Gasteiger partial charge in [-0.15, -0.1) is 24.2 Å². The third kappa shape index (κ3) is 7.70. The van der Waals surface area contributed by atoms with Crippen LogP contribution in [0.1, 0.15) is 64.7 Å². The lowest BCUT2D eigenvalue weighted by molar-refractivity contribution is 0.451. The van der Waals surface area contributed by atoms with E-state index in [4.69, 9.17) is 4.42 Å². The monoisotopic (exact) mass is 553 g/mol. The van der Waals surface area contributed by atoms with Gasteiger partial charge in [0.1, 0.15) is 5.76 Å². The highest BCUT2D eigenvalue weighted by atomic mass is 32.2. The number of nitrogens with one attached hydrogen (secondary N) is 2. The Labute approximate surface area is 222 Å². The van der Waals surface area contributed by atoms with Crippen molar-refractivity contribution in [1.82, 2.24) is 13.1 Å². The molecule has 3 aromatic heterocycles. The lowest BCUT2D eigenvalue weighted by Crippen LogP contribution is -2.27. The van der Waals surface area contributed by atoms with Crippen LogP contribution in [-0.4, -0.2) is 39.7 Å². The Morgan fingerprint density at radius 2 is 1.75 bits per heavy atom. The number of furan rings is 1. The fourth-order valence-electron chi connectivity index (χ4n) is 3.13. The van der Waals surface area contributed by atoms with Gasteiger partial charge >= 0.3 is 0 Å². The summed E-state index contributed by atoms with van der Waals surface area (Å²) in [5.74, 6) is 2.60.